The molecule has 0 saturated carbocycles. The normalized spacial score (nSPS) is 9.42. The van der Waals surface area contributed by atoms with Crippen molar-refractivity contribution in [1.29, 1.82) is 0 Å². The van der Waals surface area contributed by atoms with Crippen molar-refractivity contribution < 1.29 is 20.1 Å². The van der Waals surface area contributed by atoms with Gasteiger partial charge in [-0.2, -0.15) is 5.10 Å². The van der Waals surface area contributed by atoms with Crippen molar-refractivity contribution in [2.75, 3.05) is 0 Å². The standard InChI is InChI=1S/C7H7N4.Ir/c1-10-5-7(8-6-10)11-4-2-3-9-11;/h2-4,6H,1H3;/q-1;. The largest absolute Gasteiger partial charge is 0.501 e. The van der Waals surface area contributed by atoms with Gasteiger partial charge >= 0.3 is 0 Å². The van der Waals surface area contributed by atoms with Crippen molar-refractivity contribution in [1.82, 2.24) is 19.3 Å². The molecule has 0 saturated heterocycles. The van der Waals surface area contributed by atoms with Crippen LogP contribution in [0, 0.1) is 6.20 Å². The van der Waals surface area contributed by atoms with Crippen molar-refractivity contribution >= 4 is 0 Å². The van der Waals surface area contributed by atoms with Crippen LogP contribution in [0.4, 0.5) is 0 Å². The molecule has 0 bridgehead atoms. The molecule has 0 unspecified atom stereocenters. The second-order valence-corrected chi connectivity index (χ2v) is 2.24. The van der Waals surface area contributed by atoms with Crippen LogP contribution >= 0.6 is 0 Å². The second kappa shape index (κ2) is 3.65. The van der Waals surface area contributed by atoms with Crippen LogP contribution in [-0.2, 0) is 27.2 Å². The molecule has 12 heavy (non-hydrogen) atoms. The minimum absolute atomic E-state index is 0. The van der Waals surface area contributed by atoms with Crippen LogP contribution in [0.5, 0.6) is 0 Å². The Morgan fingerprint density at radius 1 is 1.50 bits per heavy atom. The van der Waals surface area contributed by atoms with E-state index in [4.69, 9.17) is 0 Å². The van der Waals surface area contributed by atoms with Crippen LogP contribution in [0.3, 0.4) is 0 Å². The van der Waals surface area contributed by atoms with Gasteiger partial charge < -0.3 is 9.55 Å². The first kappa shape index (κ1) is 9.16. The van der Waals surface area contributed by atoms with E-state index in [-0.39, 0.29) is 20.1 Å². The summed E-state index contributed by atoms with van der Waals surface area (Å²) in [6, 6.07) is 1.85. The minimum atomic E-state index is 0. The first-order valence-corrected chi connectivity index (χ1v) is 3.27. The molecule has 0 aliphatic rings. The summed E-state index contributed by atoms with van der Waals surface area (Å²) >= 11 is 0. The van der Waals surface area contributed by atoms with Gasteiger partial charge in [-0.3, -0.25) is 0 Å². The summed E-state index contributed by atoms with van der Waals surface area (Å²) in [5, 5.41) is 4.01. The number of hydrogen-bond acceptors (Lipinski definition) is 2. The van der Waals surface area contributed by atoms with Gasteiger partial charge in [0, 0.05) is 32.5 Å². The van der Waals surface area contributed by atoms with Crippen molar-refractivity contribution in [3.05, 3.63) is 31.0 Å². The number of imidazole rings is 1. The van der Waals surface area contributed by atoms with Crippen LogP contribution < -0.4 is 0 Å². The van der Waals surface area contributed by atoms with E-state index in [1.807, 2.05) is 19.3 Å². The molecule has 0 atom stereocenters. The maximum atomic E-state index is 4.07. The van der Waals surface area contributed by atoms with Gasteiger partial charge in [0.15, 0.2) is 0 Å². The Hall–Kier alpha value is -0.931. The number of aryl methyl sites for hydroxylation is 1. The summed E-state index contributed by atoms with van der Waals surface area (Å²) in [6.45, 7) is 0. The first-order valence-electron chi connectivity index (χ1n) is 3.27. The Morgan fingerprint density at radius 3 is 2.83 bits per heavy atom. The summed E-state index contributed by atoms with van der Waals surface area (Å²) < 4.78 is 3.43. The Balaban J connectivity index is 0.000000720. The molecule has 0 spiro atoms. The molecule has 0 fully saturated rings. The molecular weight excluding hydrogens is 332 g/mol. The van der Waals surface area contributed by atoms with E-state index in [2.05, 4.69) is 16.3 Å². The third kappa shape index (κ3) is 1.62. The molecule has 0 aromatic carbocycles. The van der Waals surface area contributed by atoms with Crippen LogP contribution in [0.15, 0.2) is 24.8 Å². The smallest absolute Gasteiger partial charge is 0.0602 e. The molecule has 2 aromatic rings. The van der Waals surface area contributed by atoms with Crippen molar-refractivity contribution in [2.24, 2.45) is 7.05 Å². The van der Waals surface area contributed by atoms with Gasteiger partial charge in [0.1, 0.15) is 0 Å². The van der Waals surface area contributed by atoms with Crippen LogP contribution in [-0.4, -0.2) is 19.3 Å². The summed E-state index contributed by atoms with van der Waals surface area (Å²) in [5.74, 6) is 0.720. The fraction of sp³-hybridized carbons (Fsp3) is 0.143. The molecule has 2 heterocycles. The predicted octanol–water partition coefficient (Wildman–Crippen LogP) is 0.403. The van der Waals surface area contributed by atoms with Gasteiger partial charge in [-0.1, -0.05) is 6.33 Å². The maximum absolute atomic E-state index is 4.07. The van der Waals surface area contributed by atoms with E-state index >= 15 is 0 Å². The van der Waals surface area contributed by atoms with E-state index < -0.39 is 0 Å². The van der Waals surface area contributed by atoms with Gasteiger partial charge in [-0.15, -0.1) is 6.20 Å². The number of hydrogen-bond donors (Lipinski definition) is 0. The monoisotopic (exact) mass is 340 g/mol. The Kier molecular flexibility index (Phi) is 2.78. The molecule has 4 nitrogen and oxygen atoms in total. The van der Waals surface area contributed by atoms with Crippen molar-refractivity contribution in [3.8, 4) is 5.82 Å². The van der Waals surface area contributed by atoms with E-state index in [1.165, 1.54) is 0 Å². The van der Waals surface area contributed by atoms with Crippen molar-refractivity contribution in [3.63, 3.8) is 0 Å². The van der Waals surface area contributed by atoms with Crippen LogP contribution in [0.25, 0.3) is 5.82 Å². The minimum Gasteiger partial charge on any atom is -0.501 e. The zero-order valence-electron chi connectivity index (χ0n) is 6.43. The molecule has 0 aliphatic heterocycles. The van der Waals surface area contributed by atoms with E-state index in [0.29, 0.717) is 0 Å². The predicted molar refractivity (Wildman–Crippen MR) is 39.2 cm³/mol. The van der Waals surface area contributed by atoms with Gasteiger partial charge in [-0.05, 0) is 13.1 Å². The SMILES string of the molecule is Cn1[c-]c(-n2cccn2)nc1.[Ir]. The molecular formula is C7H7IrN4-. The molecule has 0 aliphatic carbocycles. The number of aromatic nitrogens is 4. The summed E-state index contributed by atoms with van der Waals surface area (Å²) in [6.07, 6.45) is 8.22. The number of nitrogens with zero attached hydrogens (tertiary/aromatic N) is 4. The summed E-state index contributed by atoms with van der Waals surface area (Å²) in [7, 11) is 1.88. The average Bonchev–Trinajstić information content (AvgIpc) is 2.55. The topological polar surface area (TPSA) is 35.6 Å². The second-order valence-electron chi connectivity index (χ2n) is 2.24. The Labute approximate surface area is 83.6 Å². The molecule has 5 heteroatoms. The third-order valence-electron chi connectivity index (χ3n) is 1.35. The van der Waals surface area contributed by atoms with Crippen molar-refractivity contribution in [2.45, 2.75) is 0 Å². The van der Waals surface area contributed by atoms with Gasteiger partial charge in [0.25, 0.3) is 0 Å². The zero-order chi connectivity index (χ0) is 7.68. The number of rotatable bonds is 1. The molecule has 0 N–H and O–H groups in total. The maximum Gasteiger partial charge on any atom is 0.0602 e. The third-order valence-corrected chi connectivity index (χ3v) is 1.35. The average molecular weight is 339 g/mol. The van der Waals surface area contributed by atoms with E-state index in [1.54, 1.807) is 21.8 Å². The van der Waals surface area contributed by atoms with Gasteiger partial charge in [0.2, 0.25) is 0 Å². The molecule has 2 rings (SSSR count). The first-order chi connectivity index (χ1) is 5.36. The molecule has 1 radical (unpaired) electrons. The Morgan fingerprint density at radius 2 is 2.33 bits per heavy atom. The van der Waals surface area contributed by atoms with Crippen LogP contribution in [0.1, 0.15) is 0 Å². The zero-order valence-corrected chi connectivity index (χ0v) is 8.83. The van der Waals surface area contributed by atoms with Crippen LogP contribution in [0.2, 0.25) is 0 Å². The van der Waals surface area contributed by atoms with E-state index in [9.17, 15) is 0 Å². The molecule has 2 aromatic heterocycles. The molecule has 0 amide bonds. The van der Waals surface area contributed by atoms with E-state index in [0.717, 1.165) is 5.82 Å². The Bertz CT molecular complexity index is 338. The quantitative estimate of drug-likeness (QED) is 0.706. The molecule has 65 valence electrons. The fourth-order valence-electron chi connectivity index (χ4n) is 0.861. The fourth-order valence-corrected chi connectivity index (χ4v) is 0.861. The summed E-state index contributed by atoms with van der Waals surface area (Å²) in [5.41, 5.74) is 0. The summed E-state index contributed by atoms with van der Waals surface area (Å²) in [4.78, 5) is 4.07. The van der Waals surface area contributed by atoms with Gasteiger partial charge in [0.05, 0.1) is 5.82 Å². The van der Waals surface area contributed by atoms with Gasteiger partial charge in [-0.25, -0.2) is 4.68 Å².